The van der Waals surface area contributed by atoms with Crippen molar-refractivity contribution in [2.75, 3.05) is 0 Å². The molecule has 0 saturated heterocycles. The van der Waals surface area contributed by atoms with Gasteiger partial charge in [-0.3, -0.25) is 4.79 Å². The summed E-state index contributed by atoms with van der Waals surface area (Å²) in [6.07, 6.45) is -4.51. The third-order valence-electron chi connectivity index (χ3n) is 2.98. The van der Waals surface area contributed by atoms with Gasteiger partial charge in [0.15, 0.2) is 0 Å². The molecular weight excluding hydrogens is 273 g/mol. The quantitative estimate of drug-likeness (QED) is 0.639. The zero-order valence-electron chi connectivity index (χ0n) is 9.86. The van der Waals surface area contributed by atoms with Crippen LogP contribution in [0.1, 0.15) is 5.56 Å². The van der Waals surface area contributed by atoms with Crippen molar-refractivity contribution in [2.45, 2.75) is 6.18 Å². The molecule has 2 aromatic carbocycles. The van der Waals surface area contributed by atoms with Crippen molar-refractivity contribution in [1.82, 2.24) is 0 Å². The van der Waals surface area contributed by atoms with Gasteiger partial charge in [0.25, 0.3) is 0 Å². The molecule has 0 amide bonds. The van der Waals surface area contributed by atoms with Gasteiger partial charge in [0.1, 0.15) is 16.9 Å². The Balaban J connectivity index is 2.41. The zero-order chi connectivity index (χ0) is 14.5. The van der Waals surface area contributed by atoms with Gasteiger partial charge in [-0.1, -0.05) is 0 Å². The largest absolute Gasteiger partial charge is 0.508 e. The summed E-state index contributed by atoms with van der Waals surface area (Å²) >= 11 is 0. The Morgan fingerprint density at radius 1 is 0.950 bits per heavy atom. The van der Waals surface area contributed by atoms with Crippen LogP contribution in [0.4, 0.5) is 13.2 Å². The molecule has 0 bridgehead atoms. The Morgan fingerprint density at radius 3 is 2.20 bits per heavy atom. The van der Waals surface area contributed by atoms with E-state index < -0.39 is 17.2 Å². The van der Waals surface area contributed by atoms with Crippen molar-refractivity contribution in [3.63, 3.8) is 0 Å². The molecule has 0 aliphatic carbocycles. The monoisotopic (exact) mass is 280 g/mol. The lowest BCUT2D eigenvalue weighted by Crippen LogP contribution is -2.07. The van der Waals surface area contributed by atoms with Crippen LogP contribution in [0, 0.1) is 0 Å². The van der Waals surface area contributed by atoms with Crippen LogP contribution < -0.4 is 5.43 Å². The molecule has 0 radical (unpaired) electrons. The summed E-state index contributed by atoms with van der Waals surface area (Å²) in [6.45, 7) is 0. The second kappa shape index (κ2) is 4.00. The number of fused-ring (bicyclic) bond motifs is 2. The van der Waals surface area contributed by atoms with E-state index in [0.29, 0.717) is 0 Å². The van der Waals surface area contributed by atoms with E-state index in [9.17, 15) is 23.1 Å². The molecule has 3 aromatic rings. The third-order valence-corrected chi connectivity index (χ3v) is 2.98. The van der Waals surface area contributed by atoms with Crippen LogP contribution in [0.5, 0.6) is 5.75 Å². The first-order valence-corrected chi connectivity index (χ1v) is 5.63. The highest BCUT2D eigenvalue weighted by Gasteiger charge is 2.31. The number of aromatic hydroxyl groups is 1. The molecule has 0 aliphatic heterocycles. The molecular formula is C14H7F3O3. The number of hydrogen-bond donors (Lipinski definition) is 1. The van der Waals surface area contributed by atoms with Crippen molar-refractivity contribution in [3.8, 4) is 5.75 Å². The average Bonchev–Trinajstić information content (AvgIpc) is 2.37. The molecule has 102 valence electrons. The number of hydrogen-bond acceptors (Lipinski definition) is 3. The number of phenolic OH excluding ortho intramolecular Hbond substituents is 1. The Labute approximate surface area is 109 Å². The van der Waals surface area contributed by atoms with Gasteiger partial charge in [-0.25, -0.2) is 0 Å². The van der Waals surface area contributed by atoms with Crippen LogP contribution in [0.3, 0.4) is 0 Å². The minimum Gasteiger partial charge on any atom is -0.508 e. The molecule has 0 fully saturated rings. The van der Waals surface area contributed by atoms with Crippen LogP contribution in [0.25, 0.3) is 21.9 Å². The van der Waals surface area contributed by atoms with E-state index in [-0.39, 0.29) is 27.7 Å². The summed E-state index contributed by atoms with van der Waals surface area (Å²) in [6, 6.07) is 6.58. The summed E-state index contributed by atoms with van der Waals surface area (Å²) in [5.74, 6) is -0.132. The fraction of sp³-hybridized carbons (Fsp3) is 0.0714. The Kier molecular flexibility index (Phi) is 2.50. The predicted molar refractivity (Wildman–Crippen MR) is 66.7 cm³/mol. The molecule has 3 nitrogen and oxygen atoms in total. The van der Waals surface area contributed by atoms with E-state index in [1.54, 1.807) is 0 Å². The first kappa shape index (κ1) is 12.5. The number of phenols is 1. The molecule has 1 N–H and O–H groups in total. The van der Waals surface area contributed by atoms with Gasteiger partial charge >= 0.3 is 6.18 Å². The zero-order valence-corrected chi connectivity index (χ0v) is 9.86. The Bertz CT molecular complexity index is 878. The van der Waals surface area contributed by atoms with Gasteiger partial charge < -0.3 is 9.52 Å². The van der Waals surface area contributed by atoms with E-state index in [1.165, 1.54) is 18.2 Å². The molecule has 0 aliphatic rings. The summed E-state index contributed by atoms with van der Waals surface area (Å²) in [5.41, 5.74) is -1.45. The second-order valence-corrected chi connectivity index (χ2v) is 4.32. The van der Waals surface area contributed by atoms with Crippen molar-refractivity contribution >= 4 is 21.9 Å². The molecule has 1 aromatic heterocycles. The number of alkyl halides is 3. The number of rotatable bonds is 0. The van der Waals surface area contributed by atoms with E-state index in [4.69, 9.17) is 4.42 Å². The van der Waals surface area contributed by atoms with E-state index >= 15 is 0 Å². The minimum atomic E-state index is -4.51. The smallest absolute Gasteiger partial charge is 0.416 e. The summed E-state index contributed by atoms with van der Waals surface area (Å²) < 4.78 is 43.2. The van der Waals surface area contributed by atoms with Crippen molar-refractivity contribution in [1.29, 1.82) is 0 Å². The van der Waals surface area contributed by atoms with Gasteiger partial charge in [-0.15, -0.1) is 0 Å². The number of halogens is 3. The molecule has 1 heterocycles. The van der Waals surface area contributed by atoms with Crippen LogP contribution >= 0.6 is 0 Å². The molecule has 0 unspecified atom stereocenters. The maximum Gasteiger partial charge on any atom is 0.416 e. The lowest BCUT2D eigenvalue weighted by atomic mass is 10.1. The van der Waals surface area contributed by atoms with E-state index in [1.807, 2.05) is 0 Å². The van der Waals surface area contributed by atoms with Crippen LogP contribution in [0.2, 0.25) is 0 Å². The van der Waals surface area contributed by atoms with Gasteiger partial charge in [0, 0.05) is 6.07 Å². The van der Waals surface area contributed by atoms with Crippen LogP contribution in [0.15, 0.2) is 45.6 Å². The van der Waals surface area contributed by atoms with Crippen molar-refractivity contribution in [3.05, 3.63) is 52.2 Å². The topological polar surface area (TPSA) is 50.4 Å². The van der Waals surface area contributed by atoms with Gasteiger partial charge in [0.2, 0.25) is 5.43 Å². The molecule has 0 atom stereocenters. The van der Waals surface area contributed by atoms with Crippen molar-refractivity contribution < 1.29 is 22.7 Å². The molecule has 20 heavy (non-hydrogen) atoms. The maximum atomic E-state index is 12.6. The standard InChI is InChI=1S/C14H7F3O3/c15-14(16,17)7-1-3-9-11(5-7)20-12-6-8(18)2-4-10(12)13(9)19/h1-6,18H. The highest BCUT2D eigenvalue weighted by atomic mass is 19.4. The first-order chi connectivity index (χ1) is 9.36. The summed E-state index contributed by atoms with van der Waals surface area (Å²) in [4.78, 5) is 12.1. The predicted octanol–water partition coefficient (Wildman–Crippen LogP) is 3.67. The molecule has 0 spiro atoms. The highest BCUT2D eigenvalue weighted by Crippen LogP contribution is 2.31. The van der Waals surface area contributed by atoms with E-state index in [0.717, 1.165) is 18.2 Å². The summed E-state index contributed by atoms with van der Waals surface area (Å²) in [5, 5.41) is 9.60. The SMILES string of the molecule is O=c1c2ccc(O)cc2oc2cc(C(F)(F)F)ccc12. The third kappa shape index (κ3) is 1.89. The Hall–Kier alpha value is -2.50. The summed E-state index contributed by atoms with van der Waals surface area (Å²) in [7, 11) is 0. The fourth-order valence-corrected chi connectivity index (χ4v) is 2.02. The normalized spacial score (nSPS) is 12.2. The second-order valence-electron chi connectivity index (χ2n) is 4.32. The lowest BCUT2D eigenvalue weighted by molar-refractivity contribution is -0.137. The lowest BCUT2D eigenvalue weighted by Gasteiger charge is -2.07. The highest BCUT2D eigenvalue weighted by molar-refractivity contribution is 5.90. The van der Waals surface area contributed by atoms with Crippen molar-refractivity contribution in [2.24, 2.45) is 0 Å². The van der Waals surface area contributed by atoms with Crippen LogP contribution in [-0.4, -0.2) is 5.11 Å². The first-order valence-electron chi connectivity index (χ1n) is 5.63. The van der Waals surface area contributed by atoms with Gasteiger partial charge in [-0.2, -0.15) is 13.2 Å². The fourth-order valence-electron chi connectivity index (χ4n) is 2.02. The van der Waals surface area contributed by atoms with E-state index in [2.05, 4.69) is 0 Å². The van der Waals surface area contributed by atoms with Gasteiger partial charge in [0.05, 0.1) is 16.3 Å². The maximum absolute atomic E-state index is 12.6. The average molecular weight is 280 g/mol. The van der Waals surface area contributed by atoms with Gasteiger partial charge in [-0.05, 0) is 30.3 Å². The number of benzene rings is 2. The van der Waals surface area contributed by atoms with Crippen LogP contribution in [-0.2, 0) is 6.18 Å². The Morgan fingerprint density at radius 2 is 1.55 bits per heavy atom. The molecule has 3 rings (SSSR count). The molecule has 6 heteroatoms. The molecule has 0 saturated carbocycles. The minimum absolute atomic E-state index is 0.0434.